The third kappa shape index (κ3) is 11.6. The van der Waals surface area contributed by atoms with E-state index in [1.807, 2.05) is 36.4 Å². The summed E-state index contributed by atoms with van der Waals surface area (Å²) in [6.45, 7) is 9.53. The van der Waals surface area contributed by atoms with E-state index >= 15 is 0 Å². The second-order valence-electron chi connectivity index (χ2n) is 10.3. The molecule has 1 aliphatic carbocycles. The fourth-order valence-electron chi connectivity index (χ4n) is 5.06. The fraction of sp³-hybridized carbons (Fsp3) is 0.432. The van der Waals surface area contributed by atoms with E-state index in [1.54, 1.807) is 20.3 Å². The van der Waals surface area contributed by atoms with Gasteiger partial charge in [-0.25, -0.2) is 0 Å². The summed E-state index contributed by atoms with van der Waals surface area (Å²) in [5, 5.41) is 9.19. The monoisotopic (exact) mass is 586 g/mol. The molecule has 1 aliphatic rings. The molecule has 0 amide bonds. The molecule has 1 N–H and O–H groups in total. The van der Waals surface area contributed by atoms with Gasteiger partial charge >= 0.3 is 0 Å². The van der Waals surface area contributed by atoms with Crippen LogP contribution in [0.25, 0.3) is 0 Å². The number of rotatable bonds is 13. The second kappa shape index (κ2) is 19.9. The molecule has 0 spiro atoms. The van der Waals surface area contributed by atoms with E-state index in [2.05, 4.69) is 61.7 Å². The molecule has 0 aromatic heterocycles. The minimum Gasteiger partial charge on any atom is -0.508 e. The summed E-state index contributed by atoms with van der Waals surface area (Å²) in [5.74, 6) is 2.77. The van der Waals surface area contributed by atoms with Crippen LogP contribution in [0.1, 0.15) is 69.6 Å². The van der Waals surface area contributed by atoms with Crippen LogP contribution >= 0.6 is 0 Å². The van der Waals surface area contributed by atoms with Crippen LogP contribution in [-0.4, -0.2) is 44.7 Å². The number of hydrogen-bond donors (Lipinski definition) is 1. The standard InChI is InChI=1S/C25H36N2O3.C10H12O.C2H2/c1-6-9-21(7-2)26-16-17-30-23-13-10-20(11-14-23)19-27(8-3)22-12-15-24(28-4)25(18-22)29-5;11-10-6-5-8-3-1-2-4-9(8)7-10;1-2/h10-15,18H,6-9,16-17,19H2,1-5H3;5-7,11H,1-4H2;1-2H. The van der Waals surface area contributed by atoms with Gasteiger partial charge in [0.25, 0.3) is 0 Å². The molecule has 0 unspecified atom stereocenters. The molecule has 6 nitrogen and oxygen atoms in total. The molecule has 0 fully saturated rings. The molecule has 0 heterocycles. The Labute approximate surface area is 259 Å². The zero-order chi connectivity index (χ0) is 31.5. The number of phenolic OH excluding ortho intramolecular Hbond substituents is 1. The summed E-state index contributed by atoms with van der Waals surface area (Å²) >= 11 is 0. The SMILES string of the molecule is C#C.CCCC(CC)=NCCOc1ccc(CN(CC)c2ccc(OC)c(OC)c2)cc1.Oc1ccc2c(c1)CCCC2. The summed E-state index contributed by atoms with van der Waals surface area (Å²) in [7, 11) is 3.31. The van der Waals surface area contributed by atoms with Crippen LogP contribution in [0.4, 0.5) is 5.69 Å². The molecule has 43 heavy (non-hydrogen) atoms. The number of benzene rings is 3. The van der Waals surface area contributed by atoms with Gasteiger partial charge in [-0.1, -0.05) is 38.5 Å². The molecule has 0 saturated carbocycles. The molecule has 3 aromatic rings. The Morgan fingerprint density at radius 3 is 2.19 bits per heavy atom. The van der Waals surface area contributed by atoms with Crippen molar-refractivity contribution >= 4 is 11.4 Å². The number of methoxy groups -OCH3 is 2. The molecule has 3 aromatic carbocycles. The number of aryl methyl sites for hydroxylation is 2. The molecule has 0 radical (unpaired) electrons. The van der Waals surface area contributed by atoms with Crippen LogP contribution in [0.2, 0.25) is 0 Å². The Morgan fingerprint density at radius 1 is 0.860 bits per heavy atom. The van der Waals surface area contributed by atoms with Crippen LogP contribution in [-0.2, 0) is 19.4 Å². The topological polar surface area (TPSA) is 63.5 Å². The van der Waals surface area contributed by atoms with Gasteiger partial charge in [0.2, 0.25) is 0 Å². The van der Waals surface area contributed by atoms with Crippen molar-refractivity contribution in [3.63, 3.8) is 0 Å². The lowest BCUT2D eigenvalue weighted by molar-refractivity contribution is 0.328. The zero-order valence-electron chi connectivity index (χ0n) is 26.8. The normalized spacial score (nSPS) is 12.0. The fourth-order valence-corrected chi connectivity index (χ4v) is 5.06. The van der Waals surface area contributed by atoms with Gasteiger partial charge in [0.05, 0.1) is 20.8 Å². The quantitative estimate of drug-likeness (QED) is 0.124. The number of anilines is 1. The lowest BCUT2D eigenvalue weighted by Crippen LogP contribution is -2.22. The Bertz CT molecular complexity index is 1270. The van der Waals surface area contributed by atoms with Crippen LogP contribution in [0.3, 0.4) is 0 Å². The van der Waals surface area contributed by atoms with Gasteiger partial charge in [-0.05, 0) is 98.5 Å². The van der Waals surface area contributed by atoms with Crippen LogP contribution < -0.4 is 19.1 Å². The number of terminal acetylenes is 1. The summed E-state index contributed by atoms with van der Waals surface area (Å²) in [5.41, 5.74) is 6.39. The highest BCUT2D eigenvalue weighted by Gasteiger charge is 2.11. The van der Waals surface area contributed by atoms with Crippen LogP contribution in [0, 0.1) is 12.8 Å². The maximum absolute atomic E-state index is 9.19. The Morgan fingerprint density at radius 2 is 1.56 bits per heavy atom. The van der Waals surface area contributed by atoms with E-state index in [4.69, 9.17) is 14.2 Å². The zero-order valence-corrected chi connectivity index (χ0v) is 26.8. The number of hydrogen-bond acceptors (Lipinski definition) is 6. The van der Waals surface area contributed by atoms with Crippen LogP contribution in [0.15, 0.2) is 65.7 Å². The Hall–Kier alpha value is -4.11. The molecule has 0 atom stereocenters. The maximum atomic E-state index is 9.19. The summed E-state index contributed by atoms with van der Waals surface area (Å²) in [6.07, 6.45) is 16.2. The molecule has 6 heteroatoms. The molecule has 4 rings (SSSR count). The van der Waals surface area contributed by atoms with E-state index < -0.39 is 0 Å². The molecule has 0 bridgehead atoms. The minimum atomic E-state index is 0.408. The predicted octanol–water partition coefficient (Wildman–Crippen LogP) is 8.28. The van der Waals surface area contributed by atoms with Crippen molar-refractivity contribution in [2.24, 2.45) is 4.99 Å². The minimum absolute atomic E-state index is 0.408. The first-order chi connectivity index (χ1) is 21.0. The predicted molar refractivity (Wildman–Crippen MR) is 180 cm³/mol. The van der Waals surface area contributed by atoms with Gasteiger partial charge in [-0.3, -0.25) is 4.99 Å². The van der Waals surface area contributed by atoms with Crippen molar-refractivity contribution in [1.82, 2.24) is 0 Å². The first-order valence-electron chi connectivity index (χ1n) is 15.4. The van der Waals surface area contributed by atoms with E-state index in [-0.39, 0.29) is 0 Å². The first kappa shape index (κ1) is 35.1. The van der Waals surface area contributed by atoms with Crippen LogP contribution in [0.5, 0.6) is 23.0 Å². The third-order valence-electron chi connectivity index (χ3n) is 7.38. The van der Waals surface area contributed by atoms with Crippen molar-refractivity contribution in [2.75, 3.05) is 38.8 Å². The van der Waals surface area contributed by atoms with E-state index in [9.17, 15) is 5.11 Å². The highest BCUT2D eigenvalue weighted by molar-refractivity contribution is 5.84. The smallest absolute Gasteiger partial charge is 0.162 e. The average molecular weight is 587 g/mol. The summed E-state index contributed by atoms with van der Waals surface area (Å²) in [6, 6.07) is 20.1. The van der Waals surface area contributed by atoms with Gasteiger partial charge in [0, 0.05) is 30.6 Å². The van der Waals surface area contributed by atoms with Crippen molar-refractivity contribution in [2.45, 2.75) is 72.3 Å². The third-order valence-corrected chi connectivity index (χ3v) is 7.38. The molecule has 0 aliphatic heterocycles. The number of phenols is 1. The number of fused-ring (bicyclic) bond motifs is 1. The van der Waals surface area contributed by atoms with Gasteiger partial charge < -0.3 is 24.2 Å². The van der Waals surface area contributed by atoms with E-state index in [0.717, 1.165) is 61.7 Å². The Kier molecular flexibility index (Phi) is 16.2. The van der Waals surface area contributed by atoms with E-state index in [1.165, 1.54) is 41.7 Å². The van der Waals surface area contributed by atoms with Gasteiger partial charge in [0.15, 0.2) is 11.5 Å². The van der Waals surface area contributed by atoms with Crippen molar-refractivity contribution in [3.05, 3.63) is 77.4 Å². The first-order valence-corrected chi connectivity index (χ1v) is 15.4. The van der Waals surface area contributed by atoms with Crippen molar-refractivity contribution in [3.8, 4) is 35.8 Å². The molecule has 0 saturated heterocycles. The van der Waals surface area contributed by atoms with Gasteiger partial charge in [0.1, 0.15) is 18.1 Å². The Balaban J connectivity index is 0.000000408. The molecule has 232 valence electrons. The van der Waals surface area contributed by atoms with Crippen molar-refractivity contribution in [1.29, 1.82) is 0 Å². The molecular weight excluding hydrogens is 536 g/mol. The number of nitrogens with zero attached hydrogens (tertiary/aromatic N) is 2. The molecular formula is C37H50N2O4. The number of aromatic hydroxyl groups is 1. The lowest BCUT2D eigenvalue weighted by atomic mass is 9.92. The summed E-state index contributed by atoms with van der Waals surface area (Å²) < 4.78 is 16.6. The van der Waals surface area contributed by atoms with Gasteiger partial charge in [-0.2, -0.15) is 0 Å². The van der Waals surface area contributed by atoms with Gasteiger partial charge in [-0.15, -0.1) is 12.8 Å². The average Bonchev–Trinajstić information content (AvgIpc) is 3.06. The number of ether oxygens (including phenoxy) is 3. The summed E-state index contributed by atoms with van der Waals surface area (Å²) in [4.78, 5) is 6.94. The largest absolute Gasteiger partial charge is 0.508 e. The lowest BCUT2D eigenvalue weighted by Gasteiger charge is -2.24. The maximum Gasteiger partial charge on any atom is 0.162 e. The van der Waals surface area contributed by atoms with E-state index in [0.29, 0.717) is 18.9 Å². The highest BCUT2D eigenvalue weighted by Crippen LogP contribution is 2.32. The number of aliphatic imine (C=N–C) groups is 1. The van der Waals surface area contributed by atoms with Crippen molar-refractivity contribution < 1.29 is 19.3 Å². The highest BCUT2D eigenvalue weighted by atomic mass is 16.5. The second-order valence-corrected chi connectivity index (χ2v) is 10.3.